The Morgan fingerprint density at radius 1 is 1.14 bits per heavy atom. The number of amides is 1. The summed E-state index contributed by atoms with van der Waals surface area (Å²) < 4.78 is 10.6. The Morgan fingerprint density at radius 2 is 2.00 bits per heavy atom. The molecule has 5 heteroatoms. The minimum atomic E-state index is -0.165. The van der Waals surface area contributed by atoms with Crippen LogP contribution in [0.1, 0.15) is 11.1 Å². The molecule has 0 atom stereocenters. The van der Waals surface area contributed by atoms with Crippen LogP contribution >= 0.6 is 0 Å². The van der Waals surface area contributed by atoms with Gasteiger partial charge in [0, 0.05) is 5.56 Å². The van der Waals surface area contributed by atoms with Crippen LogP contribution in [-0.4, -0.2) is 18.9 Å². The first-order valence-corrected chi connectivity index (χ1v) is 6.57. The average Bonchev–Trinajstić information content (AvgIpc) is 2.97. The summed E-state index contributed by atoms with van der Waals surface area (Å²) in [6, 6.07) is 15.0. The predicted octanol–water partition coefficient (Wildman–Crippen LogP) is 2.11. The van der Waals surface area contributed by atoms with Crippen LogP contribution < -0.4 is 14.9 Å². The molecule has 0 saturated heterocycles. The molecule has 0 bridgehead atoms. The Balaban J connectivity index is 1.60. The highest BCUT2D eigenvalue weighted by molar-refractivity contribution is 5.87. The first kappa shape index (κ1) is 13.2. The molecule has 0 aromatic heterocycles. The van der Waals surface area contributed by atoms with Crippen molar-refractivity contribution >= 4 is 12.1 Å². The van der Waals surface area contributed by atoms with Crippen molar-refractivity contribution in [3.63, 3.8) is 0 Å². The summed E-state index contributed by atoms with van der Waals surface area (Å²) in [6.07, 6.45) is 1.85. The van der Waals surface area contributed by atoms with E-state index in [-0.39, 0.29) is 12.7 Å². The van der Waals surface area contributed by atoms with Crippen molar-refractivity contribution in [1.29, 1.82) is 0 Å². The second kappa shape index (κ2) is 6.09. The summed E-state index contributed by atoms with van der Waals surface area (Å²) in [4.78, 5) is 11.8. The molecule has 1 heterocycles. The molecule has 0 aliphatic carbocycles. The zero-order valence-electron chi connectivity index (χ0n) is 11.3. The van der Waals surface area contributed by atoms with Crippen molar-refractivity contribution < 1.29 is 14.3 Å². The van der Waals surface area contributed by atoms with Crippen molar-refractivity contribution in [2.75, 3.05) is 6.79 Å². The molecule has 0 fully saturated rings. The molecule has 0 spiro atoms. The SMILES string of the molecule is O=C(Cc1ccccc1)N/N=C\c1cccc2c1OCO2. The molecular formula is C16H14N2O3. The molecule has 3 rings (SSSR count). The lowest BCUT2D eigenvalue weighted by Gasteiger charge is -2.01. The van der Waals surface area contributed by atoms with Crippen LogP contribution in [0.5, 0.6) is 11.5 Å². The first-order chi connectivity index (χ1) is 10.3. The number of nitrogens with zero attached hydrogens (tertiary/aromatic N) is 1. The summed E-state index contributed by atoms with van der Waals surface area (Å²) in [5, 5.41) is 3.96. The van der Waals surface area contributed by atoms with Gasteiger partial charge in [0.15, 0.2) is 11.5 Å². The van der Waals surface area contributed by atoms with Gasteiger partial charge in [-0.1, -0.05) is 36.4 Å². The first-order valence-electron chi connectivity index (χ1n) is 6.57. The Bertz CT molecular complexity index is 668. The van der Waals surface area contributed by atoms with Gasteiger partial charge in [-0.3, -0.25) is 4.79 Å². The Kier molecular flexibility index (Phi) is 3.82. The maximum Gasteiger partial charge on any atom is 0.244 e. The van der Waals surface area contributed by atoms with Crippen LogP contribution in [0.3, 0.4) is 0 Å². The average molecular weight is 282 g/mol. The van der Waals surface area contributed by atoms with Gasteiger partial charge in [-0.05, 0) is 17.7 Å². The Labute approximate surface area is 122 Å². The van der Waals surface area contributed by atoms with E-state index in [9.17, 15) is 4.79 Å². The zero-order valence-corrected chi connectivity index (χ0v) is 11.3. The summed E-state index contributed by atoms with van der Waals surface area (Å²) in [5.41, 5.74) is 4.22. The number of carbonyl (C=O) groups excluding carboxylic acids is 1. The molecule has 1 N–H and O–H groups in total. The minimum absolute atomic E-state index is 0.165. The molecule has 21 heavy (non-hydrogen) atoms. The van der Waals surface area contributed by atoms with Crippen LogP contribution in [-0.2, 0) is 11.2 Å². The molecule has 0 saturated carbocycles. The van der Waals surface area contributed by atoms with Crippen molar-refractivity contribution in [2.45, 2.75) is 6.42 Å². The number of nitrogens with one attached hydrogen (secondary N) is 1. The summed E-state index contributed by atoms with van der Waals surface area (Å²) in [7, 11) is 0. The van der Waals surface area contributed by atoms with Crippen LogP contribution in [0.2, 0.25) is 0 Å². The topological polar surface area (TPSA) is 59.9 Å². The van der Waals surface area contributed by atoms with Crippen LogP contribution in [0, 0.1) is 0 Å². The van der Waals surface area contributed by atoms with Crippen molar-refractivity contribution in [3.8, 4) is 11.5 Å². The maximum atomic E-state index is 11.8. The van der Waals surface area contributed by atoms with E-state index in [1.807, 2.05) is 48.5 Å². The van der Waals surface area contributed by atoms with E-state index < -0.39 is 0 Å². The quantitative estimate of drug-likeness (QED) is 0.690. The van der Waals surface area contributed by atoms with E-state index in [1.165, 1.54) is 0 Å². The van der Waals surface area contributed by atoms with Gasteiger partial charge in [-0.2, -0.15) is 5.10 Å². The van der Waals surface area contributed by atoms with Crippen LogP contribution in [0.25, 0.3) is 0 Å². The predicted molar refractivity (Wildman–Crippen MR) is 78.4 cm³/mol. The van der Waals surface area contributed by atoms with Gasteiger partial charge in [0.05, 0.1) is 12.6 Å². The van der Waals surface area contributed by atoms with Gasteiger partial charge in [0.2, 0.25) is 12.7 Å². The van der Waals surface area contributed by atoms with E-state index in [1.54, 1.807) is 6.21 Å². The third-order valence-electron chi connectivity index (χ3n) is 3.03. The number of hydrogen-bond donors (Lipinski definition) is 1. The van der Waals surface area contributed by atoms with Crippen LogP contribution in [0.4, 0.5) is 0 Å². The number of ether oxygens (including phenoxy) is 2. The third kappa shape index (κ3) is 3.20. The summed E-state index contributed by atoms with van der Waals surface area (Å²) in [6.45, 7) is 0.209. The second-order valence-electron chi connectivity index (χ2n) is 4.54. The highest BCUT2D eigenvalue weighted by Gasteiger charge is 2.15. The molecule has 0 unspecified atom stereocenters. The molecule has 1 amide bonds. The van der Waals surface area contributed by atoms with E-state index in [4.69, 9.17) is 9.47 Å². The van der Waals surface area contributed by atoms with Crippen LogP contribution in [0.15, 0.2) is 53.6 Å². The highest BCUT2D eigenvalue weighted by atomic mass is 16.7. The normalized spacial score (nSPS) is 12.6. The van der Waals surface area contributed by atoms with E-state index in [2.05, 4.69) is 10.5 Å². The molecule has 2 aromatic carbocycles. The monoisotopic (exact) mass is 282 g/mol. The number of rotatable bonds is 4. The zero-order chi connectivity index (χ0) is 14.5. The van der Waals surface area contributed by atoms with Gasteiger partial charge >= 0.3 is 0 Å². The number of hydrazone groups is 1. The maximum absolute atomic E-state index is 11.8. The van der Waals surface area contributed by atoms with Crippen molar-refractivity contribution in [1.82, 2.24) is 5.43 Å². The third-order valence-corrected chi connectivity index (χ3v) is 3.03. The lowest BCUT2D eigenvalue weighted by Crippen LogP contribution is -2.19. The van der Waals surface area contributed by atoms with Gasteiger partial charge in [0.1, 0.15) is 0 Å². The number of carbonyl (C=O) groups is 1. The largest absolute Gasteiger partial charge is 0.454 e. The summed E-state index contributed by atoms with van der Waals surface area (Å²) >= 11 is 0. The van der Waals surface area contributed by atoms with Gasteiger partial charge in [-0.15, -0.1) is 0 Å². The molecule has 1 aliphatic heterocycles. The van der Waals surface area contributed by atoms with E-state index in [0.29, 0.717) is 17.9 Å². The van der Waals surface area contributed by atoms with Crippen molar-refractivity contribution in [2.24, 2.45) is 5.10 Å². The minimum Gasteiger partial charge on any atom is -0.454 e. The molecule has 1 aliphatic rings. The number of benzene rings is 2. The lowest BCUT2D eigenvalue weighted by molar-refractivity contribution is -0.120. The molecule has 106 valence electrons. The fourth-order valence-corrected chi connectivity index (χ4v) is 2.05. The summed E-state index contributed by atoms with van der Waals surface area (Å²) in [5.74, 6) is 1.18. The standard InChI is InChI=1S/C16H14N2O3/c19-15(9-12-5-2-1-3-6-12)18-17-10-13-7-4-8-14-16(13)21-11-20-14/h1-8,10H,9,11H2,(H,18,19)/b17-10-. The van der Waals surface area contributed by atoms with Gasteiger partial charge < -0.3 is 9.47 Å². The van der Waals surface area contributed by atoms with Crippen molar-refractivity contribution in [3.05, 3.63) is 59.7 Å². The number of fused-ring (bicyclic) bond motifs is 1. The Morgan fingerprint density at radius 3 is 2.86 bits per heavy atom. The fraction of sp³-hybridized carbons (Fsp3) is 0.125. The number of hydrogen-bond acceptors (Lipinski definition) is 4. The molecular weight excluding hydrogens is 268 g/mol. The highest BCUT2D eigenvalue weighted by Crippen LogP contribution is 2.34. The van der Waals surface area contributed by atoms with E-state index in [0.717, 1.165) is 11.1 Å². The fourth-order valence-electron chi connectivity index (χ4n) is 2.05. The number of para-hydroxylation sites is 1. The van der Waals surface area contributed by atoms with Gasteiger partial charge in [0.25, 0.3) is 0 Å². The van der Waals surface area contributed by atoms with Gasteiger partial charge in [-0.25, -0.2) is 5.43 Å². The second-order valence-corrected chi connectivity index (χ2v) is 4.54. The lowest BCUT2D eigenvalue weighted by atomic mass is 10.1. The molecule has 2 aromatic rings. The smallest absolute Gasteiger partial charge is 0.244 e. The van der Waals surface area contributed by atoms with E-state index >= 15 is 0 Å². The molecule has 5 nitrogen and oxygen atoms in total. The Hall–Kier alpha value is -2.82. The molecule has 0 radical (unpaired) electrons.